The molecule has 0 aliphatic carbocycles. The Morgan fingerprint density at radius 2 is 1.89 bits per heavy atom. The molecule has 0 aliphatic rings. The summed E-state index contributed by atoms with van der Waals surface area (Å²) in [4.78, 5) is 10.9. The summed E-state index contributed by atoms with van der Waals surface area (Å²) in [6.45, 7) is 2.10. The largest absolute Gasteiger partial charge is 0.300 e. The zero-order chi connectivity index (χ0) is 19.0. The van der Waals surface area contributed by atoms with Crippen molar-refractivity contribution in [2.75, 3.05) is 14.1 Å². The van der Waals surface area contributed by atoms with E-state index in [4.69, 9.17) is 11.6 Å². The average molecular weight is 417 g/mol. The van der Waals surface area contributed by atoms with Gasteiger partial charge in [-0.05, 0) is 68.5 Å². The molecule has 27 heavy (non-hydrogen) atoms. The number of rotatable bonds is 5. The van der Waals surface area contributed by atoms with Crippen LogP contribution >= 0.6 is 34.7 Å². The zero-order valence-corrected chi connectivity index (χ0v) is 17.4. The van der Waals surface area contributed by atoms with E-state index in [-0.39, 0.29) is 6.04 Å². The Bertz CT molecular complexity index is 1070. The van der Waals surface area contributed by atoms with Crippen molar-refractivity contribution in [3.8, 4) is 5.69 Å². The zero-order valence-electron chi connectivity index (χ0n) is 15.0. The van der Waals surface area contributed by atoms with Crippen LogP contribution in [-0.2, 0) is 0 Å². The van der Waals surface area contributed by atoms with Gasteiger partial charge in [-0.1, -0.05) is 11.6 Å². The number of hydrogen-bond acceptors (Lipinski definition) is 7. The fourth-order valence-corrected chi connectivity index (χ4v) is 4.57. The molecule has 6 nitrogen and oxygen atoms in total. The molecule has 3 aromatic heterocycles. The molecule has 4 aromatic rings. The highest BCUT2D eigenvalue weighted by Crippen LogP contribution is 2.35. The normalized spacial score (nSPS) is 12.8. The lowest BCUT2D eigenvalue weighted by Crippen LogP contribution is -2.20. The smallest absolute Gasteiger partial charge is 0.202 e. The maximum Gasteiger partial charge on any atom is 0.202 e. The second-order valence-electron chi connectivity index (χ2n) is 6.21. The van der Waals surface area contributed by atoms with Crippen molar-refractivity contribution in [3.63, 3.8) is 0 Å². The van der Waals surface area contributed by atoms with E-state index in [1.165, 1.54) is 11.8 Å². The second kappa shape index (κ2) is 7.55. The van der Waals surface area contributed by atoms with Crippen LogP contribution in [0.25, 0.3) is 15.9 Å². The van der Waals surface area contributed by atoms with E-state index in [1.54, 1.807) is 17.7 Å². The minimum absolute atomic E-state index is 0.0923. The van der Waals surface area contributed by atoms with Crippen molar-refractivity contribution in [2.45, 2.75) is 23.1 Å². The van der Waals surface area contributed by atoms with E-state index in [0.717, 1.165) is 31.9 Å². The fraction of sp³-hybridized carbons (Fsp3) is 0.222. The number of aromatic nitrogens is 5. The lowest BCUT2D eigenvalue weighted by Gasteiger charge is -2.20. The number of thiophene rings is 1. The molecule has 1 aromatic carbocycles. The quantitative estimate of drug-likeness (QED) is 0.439. The molecule has 1 unspecified atom stereocenters. The van der Waals surface area contributed by atoms with Gasteiger partial charge in [-0.2, -0.15) is 0 Å². The fourth-order valence-electron chi connectivity index (χ4n) is 2.61. The van der Waals surface area contributed by atoms with Crippen LogP contribution in [0, 0.1) is 0 Å². The Morgan fingerprint density at radius 1 is 1.11 bits per heavy atom. The highest BCUT2D eigenvalue weighted by atomic mass is 35.5. The van der Waals surface area contributed by atoms with Crippen molar-refractivity contribution in [1.82, 2.24) is 29.6 Å². The Balaban J connectivity index is 1.83. The standard InChI is InChI=1S/C18H17ClN6S2/c1-11(24(2)3)16-22-23-18(25(16)13-6-4-12(19)5-7-13)27-17-15-14(8-9-26-15)20-10-21-17/h4-11H,1-3H3. The van der Waals surface area contributed by atoms with Crippen LogP contribution in [0.5, 0.6) is 0 Å². The van der Waals surface area contributed by atoms with Gasteiger partial charge in [0.15, 0.2) is 5.82 Å². The molecule has 0 aliphatic heterocycles. The highest BCUT2D eigenvalue weighted by Gasteiger charge is 2.22. The van der Waals surface area contributed by atoms with Gasteiger partial charge in [-0.3, -0.25) is 9.47 Å². The SMILES string of the molecule is CC(c1nnc(Sc2ncnc3ccsc23)n1-c1ccc(Cl)cc1)N(C)C. The lowest BCUT2D eigenvalue weighted by molar-refractivity contribution is 0.305. The van der Waals surface area contributed by atoms with Crippen molar-refractivity contribution < 1.29 is 0 Å². The van der Waals surface area contributed by atoms with Gasteiger partial charge < -0.3 is 0 Å². The first-order valence-corrected chi connectivity index (χ1v) is 10.4. The summed E-state index contributed by atoms with van der Waals surface area (Å²) in [5.74, 6) is 0.862. The molecule has 0 bridgehead atoms. The highest BCUT2D eigenvalue weighted by molar-refractivity contribution is 7.99. The summed E-state index contributed by atoms with van der Waals surface area (Å²) < 4.78 is 3.11. The Kier molecular flexibility index (Phi) is 5.14. The van der Waals surface area contributed by atoms with Gasteiger partial charge in [-0.25, -0.2) is 9.97 Å². The lowest BCUT2D eigenvalue weighted by atomic mass is 10.2. The van der Waals surface area contributed by atoms with Gasteiger partial charge in [-0.15, -0.1) is 21.5 Å². The molecule has 0 radical (unpaired) electrons. The summed E-state index contributed by atoms with van der Waals surface area (Å²) in [7, 11) is 4.05. The van der Waals surface area contributed by atoms with Crippen LogP contribution in [0.2, 0.25) is 5.02 Å². The molecule has 3 heterocycles. The summed E-state index contributed by atoms with van der Waals surface area (Å²) in [6.07, 6.45) is 1.59. The van der Waals surface area contributed by atoms with E-state index in [9.17, 15) is 0 Å². The minimum Gasteiger partial charge on any atom is -0.300 e. The maximum atomic E-state index is 6.08. The van der Waals surface area contributed by atoms with Crippen LogP contribution in [0.4, 0.5) is 0 Å². The third-order valence-electron chi connectivity index (χ3n) is 4.29. The Morgan fingerprint density at radius 3 is 2.63 bits per heavy atom. The van der Waals surface area contributed by atoms with Crippen molar-refractivity contribution >= 4 is 44.9 Å². The van der Waals surface area contributed by atoms with E-state index >= 15 is 0 Å². The Labute approximate surface area is 170 Å². The molecule has 138 valence electrons. The van der Waals surface area contributed by atoms with E-state index in [2.05, 4.69) is 36.6 Å². The van der Waals surface area contributed by atoms with Gasteiger partial charge in [0, 0.05) is 10.7 Å². The molecular weight excluding hydrogens is 400 g/mol. The topological polar surface area (TPSA) is 59.7 Å². The predicted molar refractivity (Wildman–Crippen MR) is 110 cm³/mol. The molecule has 0 saturated carbocycles. The van der Waals surface area contributed by atoms with Gasteiger partial charge >= 0.3 is 0 Å². The first kappa shape index (κ1) is 18.4. The van der Waals surface area contributed by atoms with Crippen molar-refractivity contribution in [2.24, 2.45) is 0 Å². The number of fused-ring (bicyclic) bond motifs is 1. The van der Waals surface area contributed by atoms with Gasteiger partial charge in [0.25, 0.3) is 0 Å². The van der Waals surface area contributed by atoms with Gasteiger partial charge in [0.2, 0.25) is 5.16 Å². The first-order valence-electron chi connectivity index (χ1n) is 8.28. The van der Waals surface area contributed by atoms with E-state index < -0.39 is 0 Å². The molecule has 0 amide bonds. The molecule has 4 rings (SSSR count). The first-order chi connectivity index (χ1) is 13.0. The Hall–Kier alpha value is -2.00. The third-order valence-corrected chi connectivity index (χ3v) is 6.53. The summed E-state index contributed by atoms with van der Waals surface area (Å²) in [5, 5.41) is 13.3. The van der Waals surface area contributed by atoms with E-state index in [0.29, 0.717) is 5.02 Å². The summed E-state index contributed by atoms with van der Waals surface area (Å²) in [5.41, 5.74) is 1.91. The third kappa shape index (κ3) is 3.58. The maximum absolute atomic E-state index is 6.08. The summed E-state index contributed by atoms with van der Waals surface area (Å²) in [6, 6.07) is 9.78. The molecule has 0 saturated heterocycles. The predicted octanol–water partition coefficient (Wildman–Crippen LogP) is 4.70. The van der Waals surface area contributed by atoms with Crippen LogP contribution in [0.1, 0.15) is 18.8 Å². The van der Waals surface area contributed by atoms with Crippen LogP contribution in [0.15, 0.2) is 52.2 Å². The van der Waals surface area contributed by atoms with Crippen LogP contribution in [-0.4, -0.2) is 43.7 Å². The number of halogens is 1. The van der Waals surface area contributed by atoms with Gasteiger partial charge in [0.1, 0.15) is 11.4 Å². The monoisotopic (exact) mass is 416 g/mol. The molecule has 1 atom stereocenters. The minimum atomic E-state index is 0.0923. The van der Waals surface area contributed by atoms with E-state index in [1.807, 2.05) is 49.8 Å². The molecule has 9 heteroatoms. The summed E-state index contributed by atoms with van der Waals surface area (Å²) >= 11 is 9.20. The second-order valence-corrected chi connectivity index (χ2v) is 8.52. The number of nitrogens with zero attached hydrogens (tertiary/aromatic N) is 6. The number of hydrogen-bond donors (Lipinski definition) is 0. The molecular formula is C18H17ClN6S2. The molecule has 0 N–H and O–H groups in total. The molecule has 0 fully saturated rings. The van der Waals surface area contributed by atoms with Crippen LogP contribution < -0.4 is 0 Å². The molecule has 0 spiro atoms. The van der Waals surface area contributed by atoms with Gasteiger partial charge in [0.05, 0.1) is 16.3 Å². The average Bonchev–Trinajstić information content (AvgIpc) is 3.29. The van der Waals surface area contributed by atoms with Crippen molar-refractivity contribution in [1.29, 1.82) is 0 Å². The number of benzene rings is 1. The van der Waals surface area contributed by atoms with Crippen LogP contribution in [0.3, 0.4) is 0 Å². The van der Waals surface area contributed by atoms with Crippen molar-refractivity contribution in [3.05, 3.63) is 52.9 Å².